The van der Waals surface area contributed by atoms with Crippen molar-refractivity contribution in [2.24, 2.45) is 0 Å². The van der Waals surface area contributed by atoms with Gasteiger partial charge in [0.1, 0.15) is 0 Å². The maximum atomic E-state index is 11.5. The van der Waals surface area contributed by atoms with Crippen molar-refractivity contribution in [2.45, 2.75) is 24.7 Å². The molecule has 4 heteroatoms. The zero-order valence-electron chi connectivity index (χ0n) is 8.25. The van der Waals surface area contributed by atoms with Gasteiger partial charge in [-0.1, -0.05) is 35.3 Å². The quantitative estimate of drug-likeness (QED) is 0.851. The molecule has 0 saturated heterocycles. The SMILES string of the molecule is CCCc1ccc(Br)cc1S(C)(=O)=O. The smallest absolute Gasteiger partial charge is 0.175 e. The van der Waals surface area contributed by atoms with Crippen LogP contribution in [0, 0.1) is 0 Å². The standard InChI is InChI=1S/C10H13BrO2S/c1-3-4-8-5-6-9(11)7-10(8)14(2,12)13/h5-7H,3-4H2,1-2H3. The second kappa shape index (κ2) is 4.45. The highest BCUT2D eigenvalue weighted by Gasteiger charge is 2.12. The molecule has 1 aromatic rings. The molecule has 0 bridgehead atoms. The van der Waals surface area contributed by atoms with Crippen LogP contribution in [-0.2, 0) is 16.3 Å². The first-order valence-electron chi connectivity index (χ1n) is 4.43. The van der Waals surface area contributed by atoms with E-state index in [0.717, 1.165) is 22.9 Å². The van der Waals surface area contributed by atoms with E-state index in [1.165, 1.54) is 6.26 Å². The largest absolute Gasteiger partial charge is 0.224 e. The van der Waals surface area contributed by atoms with Crippen molar-refractivity contribution in [3.8, 4) is 0 Å². The first-order chi connectivity index (χ1) is 6.45. The van der Waals surface area contributed by atoms with Crippen LogP contribution in [0.15, 0.2) is 27.6 Å². The average Bonchev–Trinajstić information content (AvgIpc) is 2.07. The molecule has 0 fully saturated rings. The summed E-state index contributed by atoms with van der Waals surface area (Å²) in [5, 5.41) is 0. The van der Waals surface area contributed by atoms with E-state index < -0.39 is 9.84 Å². The van der Waals surface area contributed by atoms with Crippen LogP contribution < -0.4 is 0 Å². The second-order valence-corrected chi connectivity index (χ2v) is 6.17. The Bertz CT molecular complexity index is 424. The molecule has 0 aliphatic rings. The van der Waals surface area contributed by atoms with Gasteiger partial charge in [-0.05, 0) is 24.1 Å². The van der Waals surface area contributed by atoms with E-state index in [1.54, 1.807) is 6.07 Å². The summed E-state index contributed by atoms with van der Waals surface area (Å²) >= 11 is 3.28. The van der Waals surface area contributed by atoms with E-state index in [-0.39, 0.29) is 0 Å². The number of aryl methyl sites for hydroxylation is 1. The van der Waals surface area contributed by atoms with Crippen LogP contribution in [0.3, 0.4) is 0 Å². The molecule has 0 heterocycles. The maximum absolute atomic E-state index is 11.5. The Labute approximate surface area is 93.4 Å². The summed E-state index contributed by atoms with van der Waals surface area (Å²) in [6.45, 7) is 2.04. The molecular formula is C10H13BrO2S. The van der Waals surface area contributed by atoms with Crippen molar-refractivity contribution in [3.63, 3.8) is 0 Å². The summed E-state index contributed by atoms with van der Waals surface area (Å²) in [6.07, 6.45) is 2.99. The van der Waals surface area contributed by atoms with Gasteiger partial charge in [0.2, 0.25) is 0 Å². The molecule has 0 unspecified atom stereocenters. The van der Waals surface area contributed by atoms with Gasteiger partial charge in [-0.2, -0.15) is 0 Å². The van der Waals surface area contributed by atoms with Crippen LogP contribution in [0.5, 0.6) is 0 Å². The van der Waals surface area contributed by atoms with Crippen LogP contribution in [0.1, 0.15) is 18.9 Å². The highest BCUT2D eigenvalue weighted by atomic mass is 79.9. The minimum atomic E-state index is -3.11. The summed E-state index contributed by atoms with van der Waals surface area (Å²) in [7, 11) is -3.11. The summed E-state index contributed by atoms with van der Waals surface area (Å²) in [6, 6.07) is 5.41. The molecule has 14 heavy (non-hydrogen) atoms. The fraction of sp³-hybridized carbons (Fsp3) is 0.400. The lowest BCUT2D eigenvalue weighted by atomic mass is 10.1. The van der Waals surface area contributed by atoms with E-state index in [4.69, 9.17) is 0 Å². The van der Waals surface area contributed by atoms with E-state index in [9.17, 15) is 8.42 Å². The van der Waals surface area contributed by atoms with Crippen LogP contribution in [0.25, 0.3) is 0 Å². The zero-order valence-corrected chi connectivity index (χ0v) is 10.7. The normalized spacial score (nSPS) is 11.6. The van der Waals surface area contributed by atoms with Crippen molar-refractivity contribution in [1.29, 1.82) is 0 Å². The average molecular weight is 277 g/mol. The molecule has 0 aromatic heterocycles. The topological polar surface area (TPSA) is 34.1 Å². The molecule has 0 spiro atoms. The molecule has 1 aromatic carbocycles. The predicted octanol–water partition coefficient (Wildman–Crippen LogP) is 2.81. The van der Waals surface area contributed by atoms with Crippen molar-refractivity contribution < 1.29 is 8.42 Å². The van der Waals surface area contributed by atoms with E-state index in [2.05, 4.69) is 15.9 Å². The number of sulfone groups is 1. The number of hydrogen-bond acceptors (Lipinski definition) is 2. The molecule has 0 N–H and O–H groups in total. The van der Waals surface area contributed by atoms with E-state index >= 15 is 0 Å². The third kappa shape index (κ3) is 2.82. The van der Waals surface area contributed by atoms with E-state index in [1.807, 2.05) is 19.1 Å². The fourth-order valence-electron chi connectivity index (χ4n) is 1.35. The highest BCUT2D eigenvalue weighted by molar-refractivity contribution is 9.10. The Hall–Kier alpha value is -0.350. The zero-order chi connectivity index (χ0) is 10.8. The summed E-state index contributed by atoms with van der Waals surface area (Å²) in [4.78, 5) is 0.439. The van der Waals surface area contributed by atoms with Gasteiger partial charge in [-0.25, -0.2) is 8.42 Å². The van der Waals surface area contributed by atoms with Gasteiger partial charge < -0.3 is 0 Å². The number of hydrogen-bond donors (Lipinski definition) is 0. The summed E-state index contributed by atoms with van der Waals surface area (Å²) in [5.41, 5.74) is 0.901. The molecule has 0 aliphatic heterocycles. The Morgan fingerprint density at radius 2 is 2.00 bits per heavy atom. The minimum Gasteiger partial charge on any atom is -0.224 e. The fourth-order valence-corrected chi connectivity index (χ4v) is 2.85. The van der Waals surface area contributed by atoms with Crippen LogP contribution in [0.2, 0.25) is 0 Å². The third-order valence-electron chi connectivity index (χ3n) is 1.95. The molecule has 0 aliphatic carbocycles. The first kappa shape index (κ1) is 11.7. The lowest BCUT2D eigenvalue weighted by Gasteiger charge is -2.06. The molecule has 1 rings (SSSR count). The van der Waals surface area contributed by atoms with Crippen molar-refractivity contribution in [3.05, 3.63) is 28.2 Å². The monoisotopic (exact) mass is 276 g/mol. The minimum absolute atomic E-state index is 0.439. The molecule has 0 atom stereocenters. The lowest BCUT2D eigenvalue weighted by Crippen LogP contribution is -2.02. The third-order valence-corrected chi connectivity index (χ3v) is 3.62. The lowest BCUT2D eigenvalue weighted by molar-refractivity contribution is 0.600. The summed E-state index contributed by atoms with van der Waals surface area (Å²) < 4.78 is 23.7. The van der Waals surface area contributed by atoms with Crippen molar-refractivity contribution >= 4 is 25.8 Å². The van der Waals surface area contributed by atoms with Gasteiger partial charge in [0, 0.05) is 10.7 Å². The van der Waals surface area contributed by atoms with Gasteiger partial charge >= 0.3 is 0 Å². The number of halogens is 1. The Balaban J connectivity index is 3.30. The molecule has 0 radical (unpaired) electrons. The van der Waals surface area contributed by atoms with Crippen LogP contribution >= 0.6 is 15.9 Å². The van der Waals surface area contributed by atoms with Crippen molar-refractivity contribution in [1.82, 2.24) is 0 Å². The van der Waals surface area contributed by atoms with Gasteiger partial charge in [0.25, 0.3) is 0 Å². The van der Waals surface area contributed by atoms with E-state index in [0.29, 0.717) is 4.90 Å². The molecule has 0 saturated carbocycles. The Kier molecular flexibility index (Phi) is 3.72. The van der Waals surface area contributed by atoms with Gasteiger partial charge in [0.15, 0.2) is 9.84 Å². The molecular weight excluding hydrogens is 264 g/mol. The molecule has 0 amide bonds. The number of benzene rings is 1. The maximum Gasteiger partial charge on any atom is 0.175 e. The Morgan fingerprint density at radius 1 is 1.36 bits per heavy atom. The highest BCUT2D eigenvalue weighted by Crippen LogP contribution is 2.22. The second-order valence-electron chi connectivity index (χ2n) is 3.27. The Morgan fingerprint density at radius 3 is 2.50 bits per heavy atom. The van der Waals surface area contributed by atoms with Crippen molar-refractivity contribution in [2.75, 3.05) is 6.26 Å². The van der Waals surface area contributed by atoms with Gasteiger partial charge in [-0.15, -0.1) is 0 Å². The predicted molar refractivity (Wildman–Crippen MR) is 61.2 cm³/mol. The first-order valence-corrected chi connectivity index (χ1v) is 7.12. The molecule has 2 nitrogen and oxygen atoms in total. The van der Waals surface area contributed by atoms with Crippen LogP contribution in [0.4, 0.5) is 0 Å². The van der Waals surface area contributed by atoms with Crippen LogP contribution in [-0.4, -0.2) is 14.7 Å². The van der Waals surface area contributed by atoms with Gasteiger partial charge in [-0.3, -0.25) is 0 Å². The summed E-state index contributed by atoms with van der Waals surface area (Å²) in [5.74, 6) is 0. The molecule has 78 valence electrons. The van der Waals surface area contributed by atoms with Gasteiger partial charge in [0.05, 0.1) is 4.90 Å². The number of rotatable bonds is 3.